The number of rotatable bonds is 5. The molecule has 0 spiro atoms. The SMILES string of the molecule is O=C(NCc1ccco1)c1cc2c(=O)n(Cc3ccccc3)ccc2s1. The molecule has 26 heavy (non-hydrogen) atoms. The molecular formula is C20H16N2O3S. The van der Waals surface area contributed by atoms with E-state index in [2.05, 4.69) is 5.32 Å². The zero-order chi connectivity index (χ0) is 17.9. The number of aromatic nitrogens is 1. The summed E-state index contributed by atoms with van der Waals surface area (Å²) in [5, 5.41) is 3.37. The highest BCUT2D eigenvalue weighted by molar-refractivity contribution is 7.20. The highest BCUT2D eigenvalue weighted by Crippen LogP contribution is 2.23. The van der Waals surface area contributed by atoms with Crippen LogP contribution in [-0.4, -0.2) is 10.5 Å². The molecule has 3 heterocycles. The molecule has 4 aromatic rings. The van der Waals surface area contributed by atoms with Crippen molar-refractivity contribution < 1.29 is 9.21 Å². The monoisotopic (exact) mass is 364 g/mol. The Bertz CT molecular complexity index is 1100. The Hall–Kier alpha value is -3.12. The Balaban J connectivity index is 1.58. The van der Waals surface area contributed by atoms with E-state index in [1.165, 1.54) is 11.3 Å². The van der Waals surface area contributed by atoms with Crippen LogP contribution in [0, 0.1) is 0 Å². The minimum Gasteiger partial charge on any atom is -0.467 e. The molecule has 130 valence electrons. The number of carbonyl (C=O) groups excluding carboxylic acids is 1. The van der Waals surface area contributed by atoms with Gasteiger partial charge < -0.3 is 14.3 Å². The van der Waals surface area contributed by atoms with E-state index in [-0.39, 0.29) is 11.5 Å². The molecule has 0 saturated carbocycles. The second-order valence-electron chi connectivity index (χ2n) is 5.89. The van der Waals surface area contributed by atoms with E-state index in [9.17, 15) is 9.59 Å². The molecule has 3 aromatic heterocycles. The second kappa shape index (κ2) is 7.01. The highest BCUT2D eigenvalue weighted by atomic mass is 32.1. The maximum Gasteiger partial charge on any atom is 0.261 e. The van der Waals surface area contributed by atoms with Crippen LogP contribution in [0.25, 0.3) is 10.1 Å². The van der Waals surface area contributed by atoms with Crippen molar-refractivity contribution in [2.75, 3.05) is 0 Å². The summed E-state index contributed by atoms with van der Waals surface area (Å²) in [5.74, 6) is 0.473. The summed E-state index contributed by atoms with van der Waals surface area (Å²) in [4.78, 5) is 25.6. The zero-order valence-corrected chi connectivity index (χ0v) is 14.7. The lowest BCUT2D eigenvalue weighted by molar-refractivity contribution is 0.0952. The number of pyridine rings is 1. The lowest BCUT2D eigenvalue weighted by atomic mass is 10.2. The minimum atomic E-state index is -0.211. The second-order valence-corrected chi connectivity index (χ2v) is 6.97. The number of nitrogens with zero attached hydrogens (tertiary/aromatic N) is 1. The number of hydrogen-bond donors (Lipinski definition) is 1. The van der Waals surface area contributed by atoms with Gasteiger partial charge in [-0.1, -0.05) is 30.3 Å². The molecule has 1 aromatic carbocycles. The van der Waals surface area contributed by atoms with Gasteiger partial charge in [0.2, 0.25) is 0 Å². The Labute approximate surface area is 153 Å². The van der Waals surface area contributed by atoms with Crippen molar-refractivity contribution in [3.8, 4) is 0 Å². The van der Waals surface area contributed by atoms with Crippen molar-refractivity contribution in [3.63, 3.8) is 0 Å². The van der Waals surface area contributed by atoms with Crippen LogP contribution in [0.2, 0.25) is 0 Å². The van der Waals surface area contributed by atoms with E-state index < -0.39 is 0 Å². The first-order valence-electron chi connectivity index (χ1n) is 8.18. The quantitative estimate of drug-likeness (QED) is 0.588. The third kappa shape index (κ3) is 3.32. The van der Waals surface area contributed by atoms with Gasteiger partial charge in [0.25, 0.3) is 11.5 Å². The van der Waals surface area contributed by atoms with Crippen LogP contribution >= 0.6 is 11.3 Å². The highest BCUT2D eigenvalue weighted by Gasteiger charge is 2.13. The van der Waals surface area contributed by atoms with Gasteiger partial charge in [-0.05, 0) is 29.8 Å². The van der Waals surface area contributed by atoms with E-state index in [4.69, 9.17) is 4.42 Å². The van der Waals surface area contributed by atoms with Crippen LogP contribution in [0.15, 0.2) is 76.3 Å². The van der Waals surface area contributed by atoms with Crippen LogP contribution in [0.5, 0.6) is 0 Å². The molecule has 0 aliphatic rings. The fraction of sp³-hybridized carbons (Fsp3) is 0.100. The molecule has 0 radical (unpaired) electrons. The fourth-order valence-corrected chi connectivity index (χ4v) is 3.72. The van der Waals surface area contributed by atoms with E-state index >= 15 is 0 Å². The summed E-state index contributed by atoms with van der Waals surface area (Å²) in [6, 6.07) is 16.9. The van der Waals surface area contributed by atoms with Crippen LogP contribution in [0.4, 0.5) is 0 Å². The lowest BCUT2D eigenvalue weighted by Crippen LogP contribution is -2.21. The summed E-state index contributed by atoms with van der Waals surface area (Å²) < 4.78 is 7.67. The Morgan fingerprint density at radius 2 is 1.96 bits per heavy atom. The standard InChI is InChI=1S/C20H16N2O3S/c23-19(21-12-15-7-4-10-25-15)18-11-16-17(26-18)8-9-22(20(16)24)13-14-5-2-1-3-6-14/h1-11H,12-13H2,(H,21,23). The first-order chi connectivity index (χ1) is 12.7. The molecule has 0 saturated heterocycles. The van der Waals surface area contributed by atoms with Crippen LogP contribution < -0.4 is 10.9 Å². The zero-order valence-electron chi connectivity index (χ0n) is 13.8. The van der Waals surface area contributed by atoms with Gasteiger partial charge in [0.05, 0.1) is 29.6 Å². The van der Waals surface area contributed by atoms with Crippen molar-refractivity contribution in [2.24, 2.45) is 0 Å². The number of amides is 1. The third-order valence-electron chi connectivity index (χ3n) is 4.08. The van der Waals surface area contributed by atoms with Crippen LogP contribution in [0.1, 0.15) is 21.0 Å². The number of thiophene rings is 1. The molecule has 1 amide bonds. The van der Waals surface area contributed by atoms with Crippen molar-refractivity contribution >= 4 is 27.3 Å². The van der Waals surface area contributed by atoms with E-state index in [1.54, 1.807) is 35.2 Å². The van der Waals surface area contributed by atoms with Gasteiger partial charge in [-0.2, -0.15) is 0 Å². The Morgan fingerprint density at radius 3 is 2.73 bits per heavy atom. The number of carbonyl (C=O) groups is 1. The van der Waals surface area contributed by atoms with Crippen LogP contribution in [0.3, 0.4) is 0 Å². The predicted octanol–water partition coefficient (Wildman–Crippen LogP) is 3.63. The van der Waals surface area contributed by atoms with Crippen molar-refractivity contribution in [3.05, 3.63) is 93.6 Å². The number of furan rings is 1. The van der Waals surface area contributed by atoms with Gasteiger partial charge in [0.1, 0.15) is 5.76 Å². The molecule has 0 aliphatic heterocycles. The Morgan fingerprint density at radius 1 is 1.12 bits per heavy atom. The summed E-state index contributed by atoms with van der Waals surface area (Å²) in [6.45, 7) is 0.823. The van der Waals surface area contributed by atoms with E-state index in [0.29, 0.717) is 29.1 Å². The number of benzene rings is 1. The predicted molar refractivity (Wildman–Crippen MR) is 102 cm³/mol. The molecule has 0 aliphatic carbocycles. The molecule has 1 N–H and O–H groups in total. The average Bonchev–Trinajstić information content (AvgIpc) is 3.33. The van der Waals surface area contributed by atoms with Crippen molar-refractivity contribution in [2.45, 2.75) is 13.1 Å². The summed E-state index contributed by atoms with van der Waals surface area (Å²) in [6.07, 6.45) is 3.34. The fourth-order valence-electron chi connectivity index (χ4n) is 2.76. The van der Waals surface area contributed by atoms with Crippen LogP contribution in [-0.2, 0) is 13.1 Å². The smallest absolute Gasteiger partial charge is 0.261 e. The van der Waals surface area contributed by atoms with E-state index in [1.807, 2.05) is 36.4 Å². The van der Waals surface area contributed by atoms with Gasteiger partial charge in [-0.3, -0.25) is 9.59 Å². The normalized spacial score (nSPS) is 10.9. The molecule has 0 atom stereocenters. The third-order valence-corrected chi connectivity index (χ3v) is 5.18. The molecular weight excluding hydrogens is 348 g/mol. The largest absolute Gasteiger partial charge is 0.467 e. The molecule has 0 fully saturated rings. The summed E-state index contributed by atoms with van der Waals surface area (Å²) >= 11 is 1.32. The molecule has 0 bridgehead atoms. The van der Waals surface area contributed by atoms with Crippen molar-refractivity contribution in [1.29, 1.82) is 0 Å². The number of hydrogen-bond acceptors (Lipinski definition) is 4. The number of nitrogens with one attached hydrogen (secondary N) is 1. The van der Waals surface area contributed by atoms with Gasteiger partial charge >= 0.3 is 0 Å². The molecule has 5 nitrogen and oxygen atoms in total. The first kappa shape index (κ1) is 16.4. The summed E-state index contributed by atoms with van der Waals surface area (Å²) in [7, 11) is 0. The Kier molecular flexibility index (Phi) is 4.41. The maximum absolute atomic E-state index is 12.7. The molecule has 6 heteroatoms. The average molecular weight is 364 g/mol. The topological polar surface area (TPSA) is 64.2 Å². The minimum absolute atomic E-state index is 0.0901. The lowest BCUT2D eigenvalue weighted by Gasteiger charge is -2.05. The number of fused-ring (bicyclic) bond motifs is 1. The van der Waals surface area contributed by atoms with Gasteiger partial charge in [-0.15, -0.1) is 11.3 Å². The van der Waals surface area contributed by atoms with Crippen molar-refractivity contribution in [1.82, 2.24) is 9.88 Å². The van der Waals surface area contributed by atoms with Gasteiger partial charge in [0, 0.05) is 10.9 Å². The maximum atomic E-state index is 12.7. The summed E-state index contributed by atoms with van der Waals surface area (Å²) in [5.41, 5.74) is 0.966. The molecule has 0 unspecified atom stereocenters. The molecule has 4 rings (SSSR count). The van der Waals surface area contributed by atoms with E-state index in [0.717, 1.165) is 10.3 Å². The van der Waals surface area contributed by atoms with Gasteiger partial charge in [-0.25, -0.2) is 0 Å². The first-order valence-corrected chi connectivity index (χ1v) is 9.00. The van der Waals surface area contributed by atoms with Gasteiger partial charge in [0.15, 0.2) is 0 Å².